The molecule has 0 aliphatic heterocycles. The molecule has 1 heterocycles. The average molecular weight is 220 g/mol. The minimum atomic E-state index is -0.957. The van der Waals surface area contributed by atoms with E-state index in [2.05, 4.69) is 10.3 Å². The number of aliphatic carboxylic acids is 1. The van der Waals surface area contributed by atoms with Gasteiger partial charge in [0, 0.05) is 5.39 Å². The summed E-state index contributed by atoms with van der Waals surface area (Å²) >= 11 is 0. The number of hydrogen-bond acceptors (Lipinski definition) is 3. The van der Waals surface area contributed by atoms with Gasteiger partial charge in [-0.05, 0) is 30.3 Å². The molecule has 1 aromatic heterocycles. The van der Waals surface area contributed by atoms with Gasteiger partial charge in [0.05, 0.1) is 5.52 Å². The fourth-order valence-corrected chi connectivity index (χ4v) is 1.36. The van der Waals surface area contributed by atoms with Crippen molar-refractivity contribution in [3.8, 4) is 0 Å². The quantitative estimate of drug-likeness (QED) is 0.828. The first-order valence-corrected chi connectivity index (χ1v) is 4.67. The number of aromatic nitrogens is 1. The Hall–Kier alpha value is -2.17. The van der Waals surface area contributed by atoms with Gasteiger partial charge < -0.3 is 10.4 Å². The topological polar surface area (TPSA) is 62.2 Å². The van der Waals surface area contributed by atoms with Crippen molar-refractivity contribution in [3.63, 3.8) is 0 Å². The minimum absolute atomic E-state index is 0.195. The van der Waals surface area contributed by atoms with Crippen molar-refractivity contribution in [1.29, 1.82) is 0 Å². The molecule has 0 spiro atoms. The van der Waals surface area contributed by atoms with Crippen LogP contribution in [0, 0.1) is 5.82 Å². The van der Waals surface area contributed by atoms with Crippen molar-refractivity contribution in [1.82, 2.24) is 4.98 Å². The first-order chi connectivity index (χ1) is 7.65. The van der Waals surface area contributed by atoms with Gasteiger partial charge in [-0.15, -0.1) is 0 Å². The van der Waals surface area contributed by atoms with Gasteiger partial charge in [-0.25, -0.2) is 9.37 Å². The van der Waals surface area contributed by atoms with Crippen LogP contribution in [0.3, 0.4) is 0 Å². The van der Waals surface area contributed by atoms with Gasteiger partial charge in [0.15, 0.2) is 0 Å². The molecule has 0 bridgehead atoms. The van der Waals surface area contributed by atoms with E-state index in [-0.39, 0.29) is 12.4 Å². The van der Waals surface area contributed by atoms with Crippen LogP contribution >= 0.6 is 0 Å². The maximum atomic E-state index is 12.9. The number of fused-ring (bicyclic) bond motifs is 1. The predicted molar refractivity (Wildman–Crippen MR) is 57.8 cm³/mol. The van der Waals surface area contributed by atoms with Gasteiger partial charge in [-0.3, -0.25) is 4.79 Å². The molecule has 2 aromatic rings. The molecule has 0 aliphatic carbocycles. The van der Waals surface area contributed by atoms with Gasteiger partial charge >= 0.3 is 5.97 Å². The monoisotopic (exact) mass is 220 g/mol. The molecule has 0 saturated heterocycles. The molecule has 5 heteroatoms. The average Bonchev–Trinajstić information content (AvgIpc) is 2.26. The third-order valence-electron chi connectivity index (χ3n) is 2.07. The molecule has 2 rings (SSSR count). The lowest BCUT2D eigenvalue weighted by Gasteiger charge is -2.03. The maximum absolute atomic E-state index is 12.9. The number of pyridine rings is 1. The molecular weight excluding hydrogens is 211 g/mol. The lowest BCUT2D eigenvalue weighted by atomic mass is 10.2. The lowest BCUT2D eigenvalue weighted by molar-refractivity contribution is -0.134. The van der Waals surface area contributed by atoms with E-state index < -0.39 is 5.97 Å². The van der Waals surface area contributed by atoms with E-state index in [4.69, 9.17) is 5.11 Å². The van der Waals surface area contributed by atoms with Crippen LogP contribution in [-0.2, 0) is 4.79 Å². The summed E-state index contributed by atoms with van der Waals surface area (Å²) < 4.78 is 12.9. The van der Waals surface area contributed by atoms with E-state index in [0.717, 1.165) is 0 Å². The van der Waals surface area contributed by atoms with E-state index in [0.29, 0.717) is 16.7 Å². The standard InChI is InChI=1S/C11H9FN2O2/c12-8-2-3-9-7(5-8)1-4-10(14-9)13-6-11(15)16/h1-5H,6H2,(H,13,14)(H,15,16). The molecule has 82 valence electrons. The second-order valence-corrected chi connectivity index (χ2v) is 3.28. The summed E-state index contributed by atoms with van der Waals surface area (Å²) in [5.41, 5.74) is 0.622. The summed E-state index contributed by atoms with van der Waals surface area (Å²) in [6, 6.07) is 7.55. The fraction of sp³-hybridized carbons (Fsp3) is 0.0909. The van der Waals surface area contributed by atoms with E-state index in [1.807, 2.05) is 0 Å². The van der Waals surface area contributed by atoms with Crippen LogP contribution < -0.4 is 5.32 Å². The van der Waals surface area contributed by atoms with Crippen LogP contribution in [0.4, 0.5) is 10.2 Å². The normalized spacial score (nSPS) is 10.3. The number of carboxylic acid groups (broad SMARTS) is 1. The Morgan fingerprint density at radius 2 is 2.19 bits per heavy atom. The van der Waals surface area contributed by atoms with Crippen molar-refractivity contribution >= 4 is 22.7 Å². The molecule has 0 atom stereocenters. The molecule has 0 aliphatic rings. The number of rotatable bonds is 3. The highest BCUT2D eigenvalue weighted by Gasteiger charge is 2.01. The molecule has 16 heavy (non-hydrogen) atoms. The lowest BCUT2D eigenvalue weighted by Crippen LogP contribution is -2.13. The number of benzene rings is 1. The summed E-state index contributed by atoms with van der Waals surface area (Å²) in [7, 11) is 0. The Balaban J connectivity index is 2.30. The van der Waals surface area contributed by atoms with Crippen LogP contribution in [-0.4, -0.2) is 22.6 Å². The van der Waals surface area contributed by atoms with Crippen molar-refractivity contribution in [2.24, 2.45) is 0 Å². The SMILES string of the molecule is O=C(O)CNc1ccc2cc(F)ccc2n1. The number of halogens is 1. The first kappa shape index (κ1) is 10.4. The molecule has 1 aromatic carbocycles. The van der Waals surface area contributed by atoms with Gasteiger partial charge in [-0.2, -0.15) is 0 Å². The Morgan fingerprint density at radius 1 is 1.38 bits per heavy atom. The number of nitrogens with one attached hydrogen (secondary N) is 1. The Morgan fingerprint density at radius 3 is 2.94 bits per heavy atom. The van der Waals surface area contributed by atoms with Crippen LogP contribution in [0.1, 0.15) is 0 Å². The molecule has 2 N–H and O–H groups in total. The molecule has 0 unspecified atom stereocenters. The van der Waals surface area contributed by atoms with Gasteiger partial charge in [0.2, 0.25) is 0 Å². The van der Waals surface area contributed by atoms with Crippen molar-refractivity contribution in [3.05, 3.63) is 36.1 Å². The molecule has 0 fully saturated rings. The van der Waals surface area contributed by atoms with Crippen molar-refractivity contribution in [2.75, 3.05) is 11.9 Å². The fourth-order valence-electron chi connectivity index (χ4n) is 1.36. The largest absolute Gasteiger partial charge is 0.480 e. The highest BCUT2D eigenvalue weighted by molar-refractivity contribution is 5.81. The summed E-state index contributed by atoms with van der Waals surface area (Å²) in [4.78, 5) is 14.5. The smallest absolute Gasteiger partial charge is 0.322 e. The number of anilines is 1. The van der Waals surface area contributed by atoms with E-state index in [9.17, 15) is 9.18 Å². The Labute approximate surface area is 90.7 Å². The highest BCUT2D eigenvalue weighted by atomic mass is 19.1. The highest BCUT2D eigenvalue weighted by Crippen LogP contribution is 2.16. The van der Waals surface area contributed by atoms with Crippen LogP contribution in [0.15, 0.2) is 30.3 Å². The molecular formula is C11H9FN2O2. The molecule has 0 saturated carbocycles. The van der Waals surface area contributed by atoms with E-state index in [1.54, 1.807) is 18.2 Å². The van der Waals surface area contributed by atoms with Gasteiger partial charge in [0.25, 0.3) is 0 Å². The first-order valence-electron chi connectivity index (χ1n) is 4.67. The van der Waals surface area contributed by atoms with Crippen molar-refractivity contribution in [2.45, 2.75) is 0 Å². The third kappa shape index (κ3) is 2.25. The maximum Gasteiger partial charge on any atom is 0.322 e. The Kier molecular flexibility index (Phi) is 2.68. The summed E-state index contributed by atoms with van der Waals surface area (Å²) in [5, 5.41) is 11.8. The van der Waals surface area contributed by atoms with E-state index >= 15 is 0 Å². The zero-order valence-electron chi connectivity index (χ0n) is 8.27. The Bertz CT molecular complexity index is 542. The molecule has 0 amide bonds. The number of nitrogens with zero attached hydrogens (tertiary/aromatic N) is 1. The number of carboxylic acids is 1. The van der Waals surface area contributed by atoms with Crippen LogP contribution in [0.25, 0.3) is 10.9 Å². The molecule has 4 nitrogen and oxygen atoms in total. The third-order valence-corrected chi connectivity index (χ3v) is 2.07. The second kappa shape index (κ2) is 4.14. The second-order valence-electron chi connectivity index (χ2n) is 3.28. The van der Waals surface area contributed by atoms with E-state index in [1.165, 1.54) is 12.1 Å². The minimum Gasteiger partial charge on any atom is -0.480 e. The van der Waals surface area contributed by atoms with Crippen LogP contribution in [0.2, 0.25) is 0 Å². The summed E-state index contributed by atoms with van der Waals surface area (Å²) in [5.74, 6) is -0.817. The van der Waals surface area contributed by atoms with Crippen molar-refractivity contribution < 1.29 is 14.3 Å². The summed E-state index contributed by atoms with van der Waals surface area (Å²) in [6.07, 6.45) is 0. The predicted octanol–water partition coefficient (Wildman–Crippen LogP) is 1.87. The zero-order chi connectivity index (χ0) is 11.5. The van der Waals surface area contributed by atoms with Gasteiger partial charge in [-0.1, -0.05) is 0 Å². The summed E-state index contributed by atoms with van der Waals surface area (Å²) in [6.45, 7) is -0.195. The zero-order valence-corrected chi connectivity index (χ0v) is 8.27. The number of hydrogen-bond donors (Lipinski definition) is 2. The number of carbonyl (C=O) groups is 1. The molecule has 0 radical (unpaired) electrons. The van der Waals surface area contributed by atoms with Crippen LogP contribution in [0.5, 0.6) is 0 Å². The van der Waals surface area contributed by atoms with Gasteiger partial charge in [0.1, 0.15) is 18.2 Å².